The van der Waals surface area contributed by atoms with E-state index in [2.05, 4.69) is 33.9 Å². The third-order valence-corrected chi connectivity index (χ3v) is 12.5. The molecule has 2 bridgehead atoms. The first-order chi connectivity index (χ1) is 21.6. The Morgan fingerprint density at radius 1 is 1.13 bits per heavy atom. The monoisotopic (exact) mass is 639 g/mol. The fraction of sp³-hybridized carbons (Fsp3) is 0.639. The van der Waals surface area contributed by atoms with Crippen molar-refractivity contribution in [2.75, 3.05) is 31.2 Å². The van der Waals surface area contributed by atoms with Gasteiger partial charge in [-0.05, 0) is 62.8 Å². The molecule has 1 aromatic rings. The van der Waals surface area contributed by atoms with E-state index in [0.717, 1.165) is 31.4 Å². The Hall–Kier alpha value is -2.78. The number of carbonyl (C=O) groups excluding carboxylic acids is 3. The molecular formula is C36H53N3O5S. The lowest BCUT2D eigenvalue weighted by Crippen LogP contribution is -2.61. The number of aliphatic hydroxyl groups is 1. The van der Waals surface area contributed by atoms with Gasteiger partial charge in [-0.2, -0.15) is 0 Å². The number of carbonyl (C=O) groups is 3. The summed E-state index contributed by atoms with van der Waals surface area (Å²) in [6, 6.07) is 6.09. The number of thioether (sulfide) groups is 1. The molecule has 3 heterocycles. The van der Waals surface area contributed by atoms with Gasteiger partial charge in [0.2, 0.25) is 17.7 Å². The number of hydrogen-bond acceptors (Lipinski definition) is 6. The van der Waals surface area contributed by atoms with Crippen LogP contribution in [-0.4, -0.2) is 87.1 Å². The third-order valence-electron chi connectivity index (χ3n) is 10.4. The fourth-order valence-corrected chi connectivity index (χ4v) is 10.5. The van der Waals surface area contributed by atoms with Gasteiger partial charge in [0.05, 0.1) is 35.8 Å². The van der Waals surface area contributed by atoms with Crippen molar-refractivity contribution < 1.29 is 24.2 Å². The number of aliphatic hydroxyl groups excluding tert-OH is 1. The zero-order chi connectivity index (χ0) is 33.1. The van der Waals surface area contributed by atoms with Crippen molar-refractivity contribution in [3.63, 3.8) is 0 Å². The molecular weight excluding hydrogens is 586 g/mol. The van der Waals surface area contributed by atoms with E-state index in [9.17, 15) is 19.5 Å². The van der Waals surface area contributed by atoms with E-state index < -0.39 is 28.7 Å². The lowest BCUT2D eigenvalue weighted by Gasteiger charge is -2.44. The summed E-state index contributed by atoms with van der Waals surface area (Å²) in [4.78, 5) is 49.7. The van der Waals surface area contributed by atoms with Gasteiger partial charge in [-0.3, -0.25) is 14.4 Å². The van der Waals surface area contributed by atoms with Gasteiger partial charge < -0.3 is 24.5 Å². The summed E-state index contributed by atoms with van der Waals surface area (Å²) < 4.78 is 4.85. The molecule has 4 unspecified atom stereocenters. The van der Waals surface area contributed by atoms with Crippen LogP contribution in [0.3, 0.4) is 0 Å². The van der Waals surface area contributed by atoms with E-state index in [4.69, 9.17) is 4.74 Å². The molecule has 0 aliphatic carbocycles. The van der Waals surface area contributed by atoms with Crippen molar-refractivity contribution in [3.05, 3.63) is 49.6 Å². The maximum atomic E-state index is 14.9. The summed E-state index contributed by atoms with van der Waals surface area (Å²) in [6.45, 7) is 21.1. The van der Waals surface area contributed by atoms with Crippen LogP contribution in [0.2, 0.25) is 0 Å². The smallest absolute Gasteiger partial charge is 0.247 e. The summed E-state index contributed by atoms with van der Waals surface area (Å²) in [5.74, 6) is -0.941. The molecule has 4 rings (SSSR count). The molecule has 0 radical (unpaired) electrons. The summed E-state index contributed by atoms with van der Waals surface area (Å²) in [5, 5.41) is 10.6. The number of anilines is 1. The molecule has 3 amide bonds. The highest BCUT2D eigenvalue weighted by Gasteiger charge is 2.77. The number of amides is 3. The Morgan fingerprint density at radius 3 is 2.36 bits per heavy atom. The van der Waals surface area contributed by atoms with Gasteiger partial charge in [0.1, 0.15) is 11.8 Å². The standard InChI is InChI=1S/C36H53N3O5S/c1-9-14-25(8)37(19-10-2)35(43)32-36-24(7)21-29(45-36)30(31(36)34(42)39(32)28(22-40)23(6)12-4)33(41)38(20-11-3)26-15-17-27(18-16-26)44-13-5/h10-11,15-18,23-25,28-32,40H,2-3,9,12-14,19-22H2,1,4-8H3/t23-,24?,25?,28-,29+,30-,31-,32?,36?/m0/s1. The van der Waals surface area contributed by atoms with Crippen LogP contribution in [0.4, 0.5) is 5.69 Å². The van der Waals surface area contributed by atoms with Crippen molar-refractivity contribution in [2.45, 2.75) is 95.3 Å². The second-order valence-electron chi connectivity index (χ2n) is 13.0. The molecule has 0 aromatic heterocycles. The van der Waals surface area contributed by atoms with Crippen LogP contribution in [0.15, 0.2) is 49.6 Å². The van der Waals surface area contributed by atoms with Gasteiger partial charge >= 0.3 is 0 Å². The minimum atomic E-state index is -0.776. The van der Waals surface area contributed by atoms with Crippen molar-refractivity contribution in [2.24, 2.45) is 23.7 Å². The Labute approximate surface area is 274 Å². The summed E-state index contributed by atoms with van der Waals surface area (Å²) in [6.07, 6.45) is 6.69. The molecule has 3 fully saturated rings. The van der Waals surface area contributed by atoms with Gasteiger partial charge in [0.25, 0.3) is 0 Å². The van der Waals surface area contributed by atoms with Crippen LogP contribution in [0.25, 0.3) is 0 Å². The van der Waals surface area contributed by atoms with Crippen LogP contribution >= 0.6 is 11.8 Å². The van der Waals surface area contributed by atoms with Crippen LogP contribution in [0.1, 0.15) is 67.2 Å². The summed E-state index contributed by atoms with van der Waals surface area (Å²) >= 11 is 1.67. The van der Waals surface area contributed by atoms with E-state index in [1.54, 1.807) is 33.7 Å². The Kier molecular flexibility index (Phi) is 11.5. The van der Waals surface area contributed by atoms with Gasteiger partial charge in [-0.1, -0.05) is 52.7 Å². The molecule has 1 spiro atoms. The van der Waals surface area contributed by atoms with Gasteiger partial charge in [-0.25, -0.2) is 0 Å². The van der Waals surface area contributed by atoms with E-state index >= 15 is 0 Å². The average molecular weight is 640 g/mol. The minimum Gasteiger partial charge on any atom is -0.494 e. The van der Waals surface area contributed by atoms with Gasteiger partial charge in [0, 0.05) is 30.1 Å². The number of benzene rings is 1. The molecule has 1 aromatic carbocycles. The molecule has 45 heavy (non-hydrogen) atoms. The highest BCUT2D eigenvalue weighted by molar-refractivity contribution is 8.02. The summed E-state index contributed by atoms with van der Waals surface area (Å²) in [5.41, 5.74) is 0.714. The largest absolute Gasteiger partial charge is 0.494 e. The van der Waals surface area contributed by atoms with Crippen molar-refractivity contribution in [3.8, 4) is 5.75 Å². The first kappa shape index (κ1) is 35.1. The molecule has 9 atom stereocenters. The zero-order valence-corrected chi connectivity index (χ0v) is 28.8. The van der Waals surface area contributed by atoms with Crippen molar-refractivity contribution >= 4 is 35.2 Å². The van der Waals surface area contributed by atoms with Crippen LogP contribution < -0.4 is 9.64 Å². The highest BCUT2D eigenvalue weighted by atomic mass is 32.2. The first-order valence-electron chi connectivity index (χ1n) is 16.7. The van der Waals surface area contributed by atoms with E-state index in [0.29, 0.717) is 25.4 Å². The van der Waals surface area contributed by atoms with Gasteiger partial charge in [0.15, 0.2) is 0 Å². The number of hydrogen-bond donors (Lipinski definition) is 1. The Balaban J connectivity index is 1.83. The normalized spacial score (nSPS) is 28.7. The number of rotatable bonds is 16. The maximum Gasteiger partial charge on any atom is 0.247 e. The first-order valence-corrected chi connectivity index (χ1v) is 17.6. The second kappa shape index (κ2) is 14.8. The number of nitrogens with zero attached hydrogens (tertiary/aromatic N) is 3. The van der Waals surface area contributed by atoms with Crippen LogP contribution in [0.5, 0.6) is 5.75 Å². The molecule has 248 valence electrons. The van der Waals surface area contributed by atoms with E-state index in [-0.39, 0.29) is 47.5 Å². The Bertz CT molecular complexity index is 1240. The van der Waals surface area contributed by atoms with Gasteiger partial charge in [-0.15, -0.1) is 24.9 Å². The molecule has 8 nitrogen and oxygen atoms in total. The predicted octanol–water partition coefficient (Wildman–Crippen LogP) is 5.55. The van der Waals surface area contributed by atoms with Crippen molar-refractivity contribution in [1.29, 1.82) is 0 Å². The maximum absolute atomic E-state index is 14.9. The second-order valence-corrected chi connectivity index (χ2v) is 14.6. The zero-order valence-electron chi connectivity index (χ0n) is 28.0. The SMILES string of the molecule is C=CCN(C(=O)[C@@H]1[C@H]2C(=O)N([C@@H](CO)[C@@H](C)CC)C(C(=O)N(CC=C)C(C)CCC)C23S[C@@H]1CC3C)c1ccc(OCC)cc1. The average Bonchev–Trinajstić information content (AvgIpc) is 3.62. The quantitative estimate of drug-likeness (QED) is 0.239. The number of ether oxygens (including phenoxy) is 1. The minimum absolute atomic E-state index is 0.0295. The fourth-order valence-electron chi connectivity index (χ4n) is 8.07. The topological polar surface area (TPSA) is 90.4 Å². The van der Waals surface area contributed by atoms with Crippen molar-refractivity contribution in [1.82, 2.24) is 9.80 Å². The highest BCUT2D eigenvalue weighted by Crippen LogP contribution is 2.69. The number of fused-ring (bicyclic) bond motifs is 1. The van der Waals surface area contributed by atoms with E-state index in [1.165, 1.54) is 0 Å². The Morgan fingerprint density at radius 2 is 1.80 bits per heavy atom. The molecule has 0 saturated carbocycles. The lowest BCUT2D eigenvalue weighted by atomic mass is 9.65. The molecule has 9 heteroatoms. The number of likely N-dealkylation sites (tertiary alicyclic amines) is 1. The third kappa shape index (κ3) is 6.07. The predicted molar refractivity (Wildman–Crippen MR) is 182 cm³/mol. The lowest BCUT2D eigenvalue weighted by molar-refractivity contribution is -0.148. The summed E-state index contributed by atoms with van der Waals surface area (Å²) in [7, 11) is 0. The van der Waals surface area contributed by atoms with Crippen LogP contribution in [0, 0.1) is 23.7 Å². The molecule has 1 N–H and O–H groups in total. The molecule has 3 aliphatic rings. The molecule has 3 aliphatic heterocycles. The van der Waals surface area contributed by atoms with E-state index in [1.807, 2.05) is 49.9 Å². The molecule has 3 saturated heterocycles. The van der Waals surface area contributed by atoms with Crippen LogP contribution in [-0.2, 0) is 14.4 Å².